The van der Waals surface area contributed by atoms with Gasteiger partial charge in [-0.25, -0.2) is 13.2 Å². The Morgan fingerprint density at radius 2 is 2.00 bits per heavy atom. The summed E-state index contributed by atoms with van der Waals surface area (Å²) in [5, 5.41) is 8.74. The number of nitrogens with zero attached hydrogens (tertiary/aromatic N) is 2. The summed E-state index contributed by atoms with van der Waals surface area (Å²) in [5.41, 5.74) is 0.668. The molecule has 25 heavy (non-hydrogen) atoms. The van der Waals surface area contributed by atoms with E-state index in [0.29, 0.717) is 24.9 Å². The number of rotatable bonds is 6. The van der Waals surface area contributed by atoms with Crippen molar-refractivity contribution in [3.05, 3.63) is 35.4 Å². The Kier molecular flexibility index (Phi) is 6.15. The van der Waals surface area contributed by atoms with Crippen molar-refractivity contribution in [2.75, 3.05) is 24.7 Å². The van der Waals surface area contributed by atoms with Crippen LogP contribution in [0.2, 0.25) is 0 Å². The molecule has 1 saturated heterocycles. The van der Waals surface area contributed by atoms with Gasteiger partial charge in [0.1, 0.15) is 0 Å². The van der Waals surface area contributed by atoms with Crippen LogP contribution in [0.5, 0.6) is 0 Å². The third kappa shape index (κ3) is 5.03. The number of benzene rings is 1. The van der Waals surface area contributed by atoms with E-state index in [9.17, 15) is 18.0 Å². The van der Waals surface area contributed by atoms with Crippen LogP contribution in [-0.4, -0.2) is 55.9 Å². The fourth-order valence-electron chi connectivity index (χ4n) is 2.75. The molecular weight excluding hydrogens is 344 g/mol. The number of ether oxygens (including phenoxy) is 1. The first-order valence-corrected chi connectivity index (χ1v) is 9.85. The molecule has 7 nitrogen and oxygen atoms in total. The van der Waals surface area contributed by atoms with Crippen LogP contribution in [0, 0.1) is 11.3 Å². The zero-order valence-electron chi connectivity index (χ0n) is 14.0. The number of sulfone groups is 1. The van der Waals surface area contributed by atoms with E-state index in [4.69, 9.17) is 10.00 Å². The maximum Gasteiger partial charge on any atom is 0.338 e. The Morgan fingerprint density at radius 3 is 2.52 bits per heavy atom. The molecule has 1 aliphatic rings. The Labute approximate surface area is 147 Å². The fraction of sp³-hybridized carbons (Fsp3) is 0.471. The summed E-state index contributed by atoms with van der Waals surface area (Å²) in [4.78, 5) is 25.9. The summed E-state index contributed by atoms with van der Waals surface area (Å²) in [7, 11) is -3.10. The lowest BCUT2D eigenvalue weighted by Crippen LogP contribution is -2.43. The first-order valence-electron chi connectivity index (χ1n) is 8.03. The first-order chi connectivity index (χ1) is 11.9. The van der Waals surface area contributed by atoms with Crippen molar-refractivity contribution in [2.45, 2.75) is 25.8 Å². The number of carbonyl (C=O) groups excluding carboxylic acids is 2. The second-order valence-corrected chi connectivity index (χ2v) is 8.14. The SMILES string of the molecule is CCCN(C(=O)COC(=O)c1ccc(C#N)cc1)[C@H]1CCS(=O)(=O)C1. The summed E-state index contributed by atoms with van der Waals surface area (Å²) in [6.07, 6.45) is 1.10. The summed E-state index contributed by atoms with van der Waals surface area (Å²) in [6.45, 7) is 1.88. The molecular formula is C17H20N2O5S. The zero-order valence-corrected chi connectivity index (χ0v) is 14.8. The molecule has 0 N–H and O–H groups in total. The molecule has 2 rings (SSSR count). The molecule has 134 valence electrons. The summed E-state index contributed by atoms with van der Waals surface area (Å²) in [6, 6.07) is 7.49. The maximum absolute atomic E-state index is 12.4. The third-order valence-electron chi connectivity index (χ3n) is 4.01. The number of esters is 1. The second-order valence-electron chi connectivity index (χ2n) is 5.91. The van der Waals surface area contributed by atoms with Gasteiger partial charge in [0.15, 0.2) is 16.4 Å². The Morgan fingerprint density at radius 1 is 1.32 bits per heavy atom. The van der Waals surface area contributed by atoms with Crippen molar-refractivity contribution in [3.63, 3.8) is 0 Å². The van der Waals surface area contributed by atoms with Gasteiger partial charge in [0, 0.05) is 12.6 Å². The molecule has 1 aromatic carbocycles. The van der Waals surface area contributed by atoms with Crippen molar-refractivity contribution < 1.29 is 22.7 Å². The lowest BCUT2D eigenvalue weighted by atomic mass is 10.1. The highest BCUT2D eigenvalue weighted by atomic mass is 32.2. The van der Waals surface area contributed by atoms with Gasteiger partial charge < -0.3 is 9.64 Å². The van der Waals surface area contributed by atoms with Crippen LogP contribution in [0.15, 0.2) is 24.3 Å². The van der Waals surface area contributed by atoms with Gasteiger partial charge in [-0.05, 0) is 37.1 Å². The van der Waals surface area contributed by atoms with Gasteiger partial charge >= 0.3 is 5.97 Å². The van der Waals surface area contributed by atoms with Crippen LogP contribution in [0.25, 0.3) is 0 Å². The summed E-state index contributed by atoms with van der Waals surface area (Å²) < 4.78 is 28.3. The van der Waals surface area contributed by atoms with E-state index in [1.165, 1.54) is 29.2 Å². The molecule has 0 aromatic heterocycles. The summed E-state index contributed by atoms with van der Waals surface area (Å²) >= 11 is 0. The average Bonchev–Trinajstić information content (AvgIpc) is 2.96. The molecule has 8 heteroatoms. The van der Waals surface area contributed by atoms with Crippen LogP contribution in [0.1, 0.15) is 35.7 Å². The lowest BCUT2D eigenvalue weighted by Gasteiger charge is -2.27. The van der Waals surface area contributed by atoms with E-state index in [0.717, 1.165) is 0 Å². The van der Waals surface area contributed by atoms with Gasteiger partial charge in [-0.15, -0.1) is 0 Å². The van der Waals surface area contributed by atoms with Crippen molar-refractivity contribution in [1.82, 2.24) is 4.90 Å². The predicted molar refractivity (Wildman–Crippen MR) is 90.5 cm³/mol. The van der Waals surface area contributed by atoms with Crippen molar-refractivity contribution in [3.8, 4) is 6.07 Å². The van der Waals surface area contributed by atoms with E-state index < -0.39 is 28.3 Å². The maximum atomic E-state index is 12.4. The molecule has 1 fully saturated rings. The van der Waals surface area contributed by atoms with Crippen molar-refractivity contribution in [1.29, 1.82) is 5.26 Å². The number of carbonyl (C=O) groups is 2. The molecule has 1 heterocycles. The minimum absolute atomic E-state index is 0.0394. The second kappa shape index (κ2) is 8.12. The van der Waals surface area contributed by atoms with Crippen molar-refractivity contribution in [2.24, 2.45) is 0 Å². The summed E-state index contributed by atoms with van der Waals surface area (Å²) in [5.74, 6) is -1.02. The Hall–Kier alpha value is -2.40. The fourth-order valence-corrected chi connectivity index (χ4v) is 4.48. The highest BCUT2D eigenvalue weighted by molar-refractivity contribution is 7.91. The highest BCUT2D eigenvalue weighted by Crippen LogP contribution is 2.18. The topological polar surface area (TPSA) is 105 Å². The molecule has 0 radical (unpaired) electrons. The molecule has 1 aliphatic heterocycles. The van der Waals surface area contributed by atoms with Crippen LogP contribution >= 0.6 is 0 Å². The zero-order chi connectivity index (χ0) is 18.4. The minimum Gasteiger partial charge on any atom is -0.452 e. The van der Waals surface area contributed by atoms with Gasteiger partial charge in [0.05, 0.1) is 28.7 Å². The predicted octanol–water partition coefficient (Wildman–Crippen LogP) is 1.14. The third-order valence-corrected chi connectivity index (χ3v) is 5.76. The van der Waals surface area contributed by atoms with Gasteiger partial charge in [0.2, 0.25) is 0 Å². The minimum atomic E-state index is -3.10. The average molecular weight is 364 g/mol. The van der Waals surface area contributed by atoms with E-state index in [2.05, 4.69) is 0 Å². The van der Waals surface area contributed by atoms with Crippen LogP contribution in [-0.2, 0) is 19.4 Å². The first kappa shape index (κ1) is 18.9. The van der Waals surface area contributed by atoms with Crippen LogP contribution < -0.4 is 0 Å². The van der Waals surface area contributed by atoms with E-state index in [1.54, 1.807) is 0 Å². The quantitative estimate of drug-likeness (QED) is 0.701. The van der Waals surface area contributed by atoms with Crippen LogP contribution in [0.4, 0.5) is 0 Å². The number of nitriles is 1. The number of amides is 1. The number of hydrogen-bond donors (Lipinski definition) is 0. The Balaban J connectivity index is 1.96. The monoisotopic (exact) mass is 364 g/mol. The molecule has 0 bridgehead atoms. The standard InChI is InChI=1S/C17H20N2O5S/c1-2-8-19(15-7-9-25(22,23)12-15)16(20)11-24-17(21)14-5-3-13(10-18)4-6-14/h3-6,15H,2,7-9,11-12H2,1H3/t15-/m0/s1. The highest BCUT2D eigenvalue weighted by Gasteiger charge is 2.34. The molecule has 0 saturated carbocycles. The normalized spacial score (nSPS) is 18.3. The number of hydrogen-bond acceptors (Lipinski definition) is 6. The molecule has 0 aliphatic carbocycles. The van der Waals surface area contributed by atoms with Crippen molar-refractivity contribution >= 4 is 21.7 Å². The van der Waals surface area contributed by atoms with Gasteiger partial charge in [0.25, 0.3) is 5.91 Å². The smallest absolute Gasteiger partial charge is 0.338 e. The van der Waals surface area contributed by atoms with Gasteiger partial charge in [-0.3, -0.25) is 4.79 Å². The van der Waals surface area contributed by atoms with Crippen LogP contribution in [0.3, 0.4) is 0 Å². The van der Waals surface area contributed by atoms with Gasteiger partial charge in [-0.2, -0.15) is 5.26 Å². The largest absolute Gasteiger partial charge is 0.452 e. The van der Waals surface area contributed by atoms with E-state index in [-0.39, 0.29) is 23.1 Å². The molecule has 1 aromatic rings. The molecule has 1 atom stereocenters. The molecule has 0 spiro atoms. The molecule has 1 amide bonds. The lowest BCUT2D eigenvalue weighted by molar-refractivity contribution is -0.136. The van der Waals surface area contributed by atoms with E-state index in [1.807, 2.05) is 13.0 Å². The molecule has 0 unspecified atom stereocenters. The van der Waals surface area contributed by atoms with Gasteiger partial charge in [-0.1, -0.05) is 6.92 Å². The van der Waals surface area contributed by atoms with E-state index >= 15 is 0 Å². The Bertz CT molecular complexity index is 780.